The molecule has 9 heteroatoms. The number of aromatic amines is 2. The van der Waals surface area contributed by atoms with Crippen LogP contribution in [0.15, 0.2) is 37.2 Å². The van der Waals surface area contributed by atoms with Crippen molar-refractivity contribution in [3.05, 3.63) is 65.5 Å². The number of hydrogen-bond donors (Lipinski definition) is 5. The van der Waals surface area contributed by atoms with Gasteiger partial charge >= 0.3 is 0 Å². The molecular formula is C19H26N8O. The Labute approximate surface area is 163 Å². The zero-order valence-electron chi connectivity index (χ0n) is 15.7. The Kier molecular flexibility index (Phi) is 7.28. The van der Waals surface area contributed by atoms with Crippen LogP contribution >= 0.6 is 0 Å². The van der Waals surface area contributed by atoms with Gasteiger partial charge in [0.05, 0.1) is 18.3 Å². The summed E-state index contributed by atoms with van der Waals surface area (Å²) in [4.78, 5) is 31.1. The van der Waals surface area contributed by atoms with Gasteiger partial charge in [-0.15, -0.1) is 0 Å². The summed E-state index contributed by atoms with van der Waals surface area (Å²) in [6, 6.07) is 3.81. The summed E-state index contributed by atoms with van der Waals surface area (Å²) < 4.78 is 0. The van der Waals surface area contributed by atoms with Crippen molar-refractivity contribution in [1.82, 2.24) is 35.6 Å². The first-order chi connectivity index (χ1) is 13.7. The predicted octanol–water partition coefficient (Wildman–Crippen LogP) is 0.334. The lowest BCUT2D eigenvalue weighted by atomic mass is 10.1. The molecule has 0 aromatic carbocycles. The minimum atomic E-state index is -0.183. The highest BCUT2D eigenvalue weighted by molar-refractivity contribution is 5.92. The van der Waals surface area contributed by atoms with E-state index in [-0.39, 0.29) is 5.91 Å². The molecule has 148 valence electrons. The Hall–Kier alpha value is -3.04. The number of nitrogens with two attached hydrogens (primary N) is 1. The van der Waals surface area contributed by atoms with E-state index >= 15 is 0 Å². The summed E-state index contributed by atoms with van der Waals surface area (Å²) in [5.41, 5.74) is 10.0. The van der Waals surface area contributed by atoms with Crippen molar-refractivity contribution < 1.29 is 4.79 Å². The van der Waals surface area contributed by atoms with Crippen LogP contribution in [0.1, 0.15) is 33.1 Å². The van der Waals surface area contributed by atoms with Gasteiger partial charge in [0.15, 0.2) is 0 Å². The van der Waals surface area contributed by atoms with E-state index in [0.717, 1.165) is 35.6 Å². The fourth-order valence-electron chi connectivity index (χ4n) is 2.85. The minimum absolute atomic E-state index is 0.183. The highest BCUT2D eigenvalue weighted by Gasteiger charge is 2.11. The van der Waals surface area contributed by atoms with Crippen LogP contribution in [0.5, 0.6) is 0 Å². The molecule has 28 heavy (non-hydrogen) atoms. The van der Waals surface area contributed by atoms with Gasteiger partial charge in [0.25, 0.3) is 5.91 Å². The Morgan fingerprint density at radius 2 is 1.71 bits per heavy atom. The van der Waals surface area contributed by atoms with Crippen molar-refractivity contribution in [2.75, 3.05) is 19.6 Å². The first kappa shape index (κ1) is 19.7. The molecule has 3 aromatic rings. The van der Waals surface area contributed by atoms with Crippen molar-refractivity contribution in [1.29, 1.82) is 0 Å². The van der Waals surface area contributed by atoms with Crippen molar-refractivity contribution in [3.8, 4) is 0 Å². The number of pyridine rings is 1. The Balaban J connectivity index is 1.55. The molecule has 0 aliphatic rings. The molecule has 0 saturated carbocycles. The van der Waals surface area contributed by atoms with Crippen LogP contribution in [0.3, 0.4) is 0 Å². The smallest absolute Gasteiger partial charge is 0.269 e. The standard InChI is InChI=1S/C19H26N8O/c20-4-1-14-7-17(11-21-5-2-15-9-22-12-25-15)27-18(8-14)19(28)24-6-3-16-10-23-13-26-16/h7-10,12-13,21H,1-6,11,20H2,(H,22,25)(H,23,26)(H,24,28). The molecule has 3 aromatic heterocycles. The second-order valence-corrected chi connectivity index (χ2v) is 6.48. The van der Waals surface area contributed by atoms with Crippen LogP contribution in [-0.4, -0.2) is 50.5 Å². The first-order valence-corrected chi connectivity index (χ1v) is 9.38. The summed E-state index contributed by atoms with van der Waals surface area (Å²) in [6.07, 6.45) is 9.11. The fraction of sp³-hybridized carbons (Fsp3) is 0.368. The van der Waals surface area contributed by atoms with E-state index in [1.54, 1.807) is 18.9 Å². The SMILES string of the molecule is NCCc1cc(CNCCc2cnc[nH]2)nc(C(=O)NCCc2cnc[nH]2)c1. The van der Waals surface area contributed by atoms with E-state index in [4.69, 9.17) is 5.73 Å². The number of imidazole rings is 2. The topological polar surface area (TPSA) is 137 Å². The van der Waals surface area contributed by atoms with Crippen LogP contribution in [0, 0.1) is 0 Å². The lowest BCUT2D eigenvalue weighted by Gasteiger charge is -2.10. The van der Waals surface area contributed by atoms with Gasteiger partial charge in [0, 0.05) is 56.3 Å². The monoisotopic (exact) mass is 382 g/mol. The molecular weight excluding hydrogens is 356 g/mol. The zero-order chi connectivity index (χ0) is 19.6. The number of H-pyrrole nitrogens is 2. The first-order valence-electron chi connectivity index (χ1n) is 9.38. The third-order valence-electron chi connectivity index (χ3n) is 4.27. The van der Waals surface area contributed by atoms with E-state index < -0.39 is 0 Å². The lowest BCUT2D eigenvalue weighted by molar-refractivity contribution is 0.0948. The molecule has 0 radical (unpaired) electrons. The van der Waals surface area contributed by atoms with Crippen LogP contribution in [0.25, 0.3) is 0 Å². The molecule has 3 rings (SSSR count). The molecule has 0 spiro atoms. The maximum atomic E-state index is 12.5. The van der Waals surface area contributed by atoms with E-state index in [0.29, 0.717) is 38.2 Å². The quantitative estimate of drug-likeness (QED) is 0.303. The van der Waals surface area contributed by atoms with Gasteiger partial charge < -0.3 is 26.3 Å². The molecule has 0 fully saturated rings. The zero-order valence-corrected chi connectivity index (χ0v) is 15.7. The van der Waals surface area contributed by atoms with Crippen LogP contribution < -0.4 is 16.4 Å². The van der Waals surface area contributed by atoms with Crippen LogP contribution in [0.2, 0.25) is 0 Å². The number of amides is 1. The summed E-state index contributed by atoms with van der Waals surface area (Å²) >= 11 is 0. The number of carbonyl (C=O) groups is 1. The normalized spacial score (nSPS) is 10.9. The Bertz CT molecular complexity index is 845. The van der Waals surface area contributed by atoms with Gasteiger partial charge in [0.2, 0.25) is 0 Å². The van der Waals surface area contributed by atoms with Crippen LogP contribution in [-0.2, 0) is 25.8 Å². The summed E-state index contributed by atoms with van der Waals surface area (Å²) in [5, 5.41) is 6.26. The lowest BCUT2D eigenvalue weighted by Crippen LogP contribution is -2.27. The van der Waals surface area contributed by atoms with E-state index in [1.807, 2.05) is 18.3 Å². The third-order valence-corrected chi connectivity index (χ3v) is 4.27. The average Bonchev–Trinajstić information content (AvgIpc) is 3.39. The molecule has 0 unspecified atom stereocenters. The van der Waals surface area contributed by atoms with Crippen LogP contribution in [0.4, 0.5) is 0 Å². The molecule has 0 bridgehead atoms. The van der Waals surface area contributed by atoms with Gasteiger partial charge in [0.1, 0.15) is 5.69 Å². The van der Waals surface area contributed by atoms with Crippen molar-refractivity contribution >= 4 is 5.91 Å². The van der Waals surface area contributed by atoms with Gasteiger partial charge in [-0.3, -0.25) is 4.79 Å². The molecule has 0 atom stereocenters. The van der Waals surface area contributed by atoms with Gasteiger partial charge in [-0.25, -0.2) is 15.0 Å². The Morgan fingerprint density at radius 1 is 1.00 bits per heavy atom. The van der Waals surface area contributed by atoms with Crippen molar-refractivity contribution in [3.63, 3.8) is 0 Å². The van der Waals surface area contributed by atoms with Gasteiger partial charge in [-0.2, -0.15) is 0 Å². The Morgan fingerprint density at radius 3 is 2.36 bits per heavy atom. The average molecular weight is 382 g/mol. The number of hydrogen-bond acceptors (Lipinski definition) is 6. The number of nitrogens with zero attached hydrogens (tertiary/aromatic N) is 3. The van der Waals surface area contributed by atoms with E-state index in [9.17, 15) is 4.79 Å². The number of carbonyl (C=O) groups excluding carboxylic acids is 1. The second kappa shape index (κ2) is 10.3. The van der Waals surface area contributed by atoms with Gasteiger partial charge in [-0.05, 0) is 30.7 Å². The maximum absolute atomic E-state index is 12.5. The molecule has 0 aliphatic heterocycles. The minimum Gasteiger partial charge on any atom is -0.350 e. The van der Waals surface area contributed by atoms with Gasteiger partial charge in [-0.1, -0.05) is 0 Å². The molecule has 3 heterocycles. The molecule has 0 saturated heterocycles. The number of aromatic nitrogens is 5. The molecule has 0 aliphatic carbocycles. The van der Waals surface area contributed by atoms with E-state index in [1.165, 1.54) is 0 Å². The van der Waals surface area contributed by atoms with Crippen molar-refractivity contribution in [2.45, 2.75) is 25.8 Å². The third kappa shape index (κ3) is 6.00. The highest BCUT2D eigenvalue weighted by atomic mass is 16.1. The summed E-state index contributed by atoms with van der Waals surface area (Å²) in [6.45, 7) is 2.41. The summed E-state index contributed by atoms with van der Waals surface area (Å²) in [7, 11) is 0. The highest BCUT2D eigenvalue weighted by Crippen LogP contribution is 2.08. The largest absolute Gasteiger partial charge is 0.350 e. The van der Waals surface area contributed by atoms with E-state index in [2.05, 4.69) is 35.6 Å². The predicted molar refractivity (Wildman–Crippen MR) is 106 cm³/mol. The maximum Gasteiger partial charge on any atom is 0.269 e. The van der Waals surface area contributed by atoms with Crippen molar-refractivity contribution in [2.24, 2.45) is 5.73 Å². The second-order valence-electron chi connectivity index (χ2n) is 6.48. The summed E-state index contributed by atoms with van der Waals surface area (Å²) in [5.74, 6) is -0.183. The fourth-order valence-corrected chi connectivity index (χ4v) is 2.85. The number of nitrogens with one attached hydrogen (secondary N) is 4. The molecule has 6 N–H and O–H groups in total. The number of rotatable bonds is 11. The molecule has 9 nitrogen and oxygen atoms in total. The molecule has 1 amide bonds.